The lowest BCUT2D eigenvalue weighted by Crippen LogP contribution is -2.34. The summed E-state index contributed by atoms with van der Waals surface area (Å²) in [5.41, 5.74) is 0.875. The van der Waals surface area contributed by atoms with E-state index in [4.69, 9.17) is 0 Å². The summed E-state index contributed by atoms with van der Waals surface area (Å²) in [7, 11) is 0.344. The van der Waals surface area contributed by atoms with E-state index in [1.807, 2.05) is 25.1 Å². The Bertz CT molecular complexity index is 573. The zero-order valence-electron chi connectivity index (χ0n) is 12.2. The van der Waals surface area contributed by atoms with Crippen LogP contribution in [0.3, 0.4) is 0 Å². The maximum absolute atomic E-state index is 12.8. The lowest BCUT2D eigenvalue weighted by atomic mass is 10.3. The van der Waals surface area contributed by atoms with E-state index in [-0.39, 0.29) is 12.4 Å². The van der Waals surface area contributed by atoms with Crippen LogP contribution in [0.25, 0.3) is 0 Å². The first kappa shape index (κ1) is 18.7. The van der Waals surface area contributed by atoms with Crippen LogP contribution in [0.5, 0.6) is 0 Å². The average Bonchev–Trinajstić information content (AvgIpc) is 2.68. The molecule has 0 unspecified atom stereocenters. The second-order valence-electron chi connectivity index (χ2n) is 5.02. The van der Waals surface area contributed by atoms with Gasteiger partial charge in [0.1, 0.15) is 0 Å². The third-order valence-corrected chi connectivity index (χ3v) is 6.24. The van der Waals surface area contributed by atoms with Crippen LogP contribution in [0.1, 0.15) is 6.42 Å². The Morgan fingerprint density at radius 1 is 1.24 bits per heavy atom. The first-order valence-electron chi connectivity index (χ1n) is 6.60. The van der Waals surface area contributed by atoms with Crippen LogP contribution >= 0.6 is 28.3 Å². The zero-order valence-corrected chi connectivity index (χ0v) is 15.4. The molecule has 1 N–H and O–H groups in total. The van der Waals surface area contributed by atoms with Gasteiger partial charge in [0.15, 0.2) is 0 Å². The fraction of sp³-hybridized carbons (Fsp3) is 0.538. The van der Waals surface area contributed by atoms with Crippen LogP contribution in [0.2, 0.25) is 0 Å². The number of hydrogen-bond donors (Lipinski definition) is 1. The van der Waals surface area contributed by atoms with Crippen molar-refractivity contribution in [3.63, 3.8) is 0 Å². The predicted molar refractivity (Wildman–Crippen MR) is 92.0 cm³/mol. The van der Waals surface area contributed by atoms with Crippen LogP contribution in [-0.2, 0) is 10.0 Å². The van der Waals surface area contributed by atoms with E-state index in [0.29, 0.717) is 29.0 Å². The van der Waals surface area contributed by atoms with Crippen molar-refractivity contribution in [2.24, 2.45) is 0 Å². The zero-order chi connectivity index (χ0) is 14.8. The molecule has 1 aromatic carbocycles. The Morgan fingerprint density at radius 2 is 1.95 bits per heavy atom. The molecule has 1 saturated heterocycles. The molecule has 0 bridgehead atoms. The molecule has 1 aliphatic heterocycles. The Balaban J connectivity index is 0.00000220. The summed E-state index contributed by atoms with van der Waals surface area (Å²) in [5, 5.41) is 3.22. The van der Waals surface area contributed by atoms with Gasteiger partial charge in [0.2, 0.25) is 10.0 Å². The van der Waals surface area contributed by atoms with Gasteiger partial charge in [-0.15, -0.1) is 12.4 Å². The normalized spacial score (nSPS) is 16.9. The van der Waals surface area contributed by atoms with Gasteiger partial charge >= 0.3 is 0 Å². The fourth-order valence-corrected chi connectivity index (χ4v) is 4.59. The first-order chi connectivity index (χ1) is 9.43. The van der Waals surface area contributed by atoms with Crippen LogP contribution in [0.15, 0.2) is 27.6 Å². The molecule has 1 aliphatic rings. The van der Waals surface area contributed by atoms with Crippen molar-refractivity contribution in [3.8, 4) is 0 Å². The molecule has 0 aromatic heterocycles. The molecule has 1 heterocycles. The highest BCUT2D eigenvalue weighted by molar-refractivity contribution is 9.10. The number of nitrogens with zero attached hydrogens (tertiary/aromatic N) is 2. The van der Waals surface area contributed by atoms with Crippen molar-refractivity contribution < 1.29 is 8.42 Å². The highest BCUT2D eigenvalue weighted by atomic mass is 79.9. The minimum absolute atomic E-state index is 0. The predicted octanol–water partition coefficient (Wildman–Crippen LogP) is 1.92. The molecule has 21 heavy (non-hydrogen) atoms. The van der Waals surface area contributed by atoms with Crippen molar-refractivity contribution in [3.05, 3.63) is 22.7 Å². The van der Waals surface area contributed by atoms with Crippen LogP contribution in [-0.4, -0.2) is 53.0 Å². The average molecular weight is 399 g/mol. The van der Waals surface area contributed by atoms with Gasteiger partial charge in [-0.05, 0) is 47.1 Å². The number of anilines is 1. The SMILES string of the molecule is CN(C)c1ccc(Br)c(S(=O)(=O)N2CCCNCC2)c1.Cl. The molecule has 0 aliphatic carbocycles. The van der Waals surface area contributed by atoms with E-state index in [9.17, 15) is 8.42 Å². The molecule has 1 fully saturated rings. The van der Waals surface area contributed by atoms with E-state index in [2.05, 4.69) is 21.2 Å². The molecule has 8 heteroatoms. The number of benzene rings is 1. The molecule has 0 spiro atoms. The van der Waals surface area contributed by atoms with Gasteiger partial charge in [-0.2, -0.15) is 4.31 Å². The Kier molecular flexibility index (Phi) is 6.93. The second kappa shape index (κ2) is 7.78. The van der Waals surface area contributed by atoms with E-state index >= 15 is 0 Å². The quantitative estimate of drug-likeness (QED) is 0.845. The summed E-state index contributed by atoms with van der Waals surface area (Å²) in [6, 6.07) is 5.41. The lowest BCUT2D eigenvalue weighted by molar-refractivity contribution is 0.431. The lowest BCUT2D eigenvalue weighted by Gasteiger charge is -2.22. The Hall–Kier alpha value is -0.340. The van der Waals surface area contributed by atoms with E-state index < -0.39 is 10.0 Å². The molecule has 2 rings (SSSR count). The van der Waals surface area contributed by atoms with Crippen molar-refractivity contribution >= 4 is 44.0 Å². The van der Waals surface area contributed by atoms with E-state index in [1.54, 1.807) is 16.4 Å². The first-order valence-corrected chi connectivity index (χ1v) is 8.84. The smallest absolute Gasteiger partial charge is 0.244 e. The Morgan fingerprint density at radius 3 is 2.62 bits per heavy atom. The molecular formula is C13H21BrClN3O2S. The topological polar surface area (TPSA) is 52.7 Å². The summed E-state index contributed by atoms with van der Waals surface area (Å²) in [6.07, 6.45) is 0.838. The highest BCUT2D eigenvalue weighted by Crippen LogP contribution is 2.29. The van der Waals surface area contributed by atoms with Crippen LogP contribution in [0.4, 0.5) is 5.69 Å². The summed E-state index contributed by atoms with van der Waals surface area (Å²) in [4.78, 5) is 2.24. The largest absolute Gasteiger partial charge is 0.378 e. The highest BCUT2D eigenvalue weighted by Gasteiger charge is 2.27. The second-order valence-corrected chi connectivity index (χ2v) is 7.78. The standard InChI is InChI=1S/C13H20BrN3O2S.ClH/c1-16(2)11-4-5-12(14)13(10-11)20(18,19)17-8-3-6-15-7-9-17;/h4-5,10,15H,3,6-9H2,1-2H3;1H. The Labute approximate surface area is 141 Å². The number of hydrogen-bond acceptors (Lipinski definition) is 4. The summed E-state index contributed by atoms with van der Waals surface area (Å²) < 4.78 is 27.7. The van der Waals surface area contributed by atoms with Gasteiger partial charge < -0.3 is 10.2 Å². The van der Waals surface area contributed by atoms with Crippen molar-refractivity contribution in [2.45, 2.75) is 11.3 Å². The maximum atomic E-state index is 12.8. The molecule has 0 atom stereocenters. The minimum atomic E-state index is -3.45. The van der Waals surface area contributed by atoms with Gasteiger partial charge in [-0.3, -0.25) is 0 Å². The number of sulfonamides is 1. The molecule has 0 saturated carbocycles. The monoisotopic (exact) mass is 397 g/mol. The van der Waals surface area contributed by atoms with Gasteiger partial charge in [-0.25, -0.2) is 8.42 Å². The third-order valence-electron chi connectivity index (χ3n) is 3.35. The third kappa shape index (κ3) is 4.32. The van der Waals surface area contributed by atoms with Crippen LogP contribution < -0.4 is 10.2 Å². The molecule has 0 radical (unpaired) electrons. The summed E-state index contributed by atoms with van der Waals surface area (Å²) >= 11 is 3.36. The molecule has 1 aromatic rings. The van der Waals surface area contributed by atoms with E-state index in [1.165, 1.54) is 0 Å². The van der Waals surface area contributed by atoms with Gasteiger partial charge in [0.25, 0.3) is 0 Å². The van der Waals surface area contributed by atoms with Crippen molar-refractivity contribution in [1.82, 2.24) is 9.62 Å². The maximum Gasteiger partial charge on any atom is 0.244 e. The molecular weight excluding hydrogens is 378 g/mol. The summed E-state index contributed by atoms with van der Waals surface area (Å²) in [5.74, 6) is 0. The van der Waals surface area contributed by atoms with Crippen molar-refractivity contribution in [2.75, 3.05) is 45.2 Å². The minimum Gasteiger partial charge on any atom is -0.378 e. The fourth-order valence-electron chi connectivity index (χ4n) is 2.17. The number of halogens is 2. The van der Waals surface area contributed by atoms with Gasteiger partial charge in [0.05, 0.1) is 4.90 Å². The molecule has 5 nitrogen and oxygen atoms in total. The van der Waals surface area contributed by atoms with Gasteiger partial charge in [0, 0.05) is 43.9 Å². The molecule has 120 valence electrons. The van der Waals surface area contributed by atoms with Gasteiger partial charge in [-0.1, -0.05) is 0 Å². The van der Waals surface area contributed by atoms with E-state index in [0.717, 1.165) is 18.7 Å². The van der Waals surface area contributed by atoms with Crippen LogP contribution in [0, 0.1) is 0 Å². The number of nitrogens with one attached hydrogen (secondary N) is 1. The summed E-state index contributed by atoms with van der Waals surface area (Å²) in [6.45, 7) is 2.64. The van der Waals surface area contributed by atoms with Crippen molar-refractivity contribution in [1.29, 1.82) is 0 Å². The molecule has 0 amide bonds. The number of rotatable bonds is 3.